The van der Waals surface area contributed by atoms with E-state index in [2.05, 4.69) is 22.3 Å². The molecule has 1 fully saturated rings. The number of nitrogens with zero attached hydrogens (tertiary/aromatic N) is 2. The summed E-state index contributed by atoms with van der Waals surface area (Å²) in [6, 6.07) is 15.3. The topological polar surface area (TPSA) is 56.0 Å². The third-order valence-corrected chi connectivity index (χ3v) is 6.20. The maximum atomic E-state index is 12.5. The van der Waals surface area contributed by atoms with Gasteiger partial charge in [0.25, 0.3) is 5.22 Å². The Kier molecular flexibility index (Phi) is 6.13. The highest BCUT2D eigenvalue weighted by Crippen LogP contribution is 2.32. The van der Waals surface area contributed by atoms with E-state index in [4.69, 9.17) is 16.0 Å². The lowest BCUT2D eigenvalue weighted by atomic mass is 9.84. The zero-order valence-electron chi connectivity index (χ0n) is 15.4. The van der Waals surface area contributed by atoms with Gasteiger partial charge in [0.1, 0.15) is 0 Å². The van der Waals surface area contributed by atoms with Crippen LogP contribution in [0.2, 0.25) is 5.02 Å². The van der Waals surface area contributed by atoms with Crippen molar-refractivity contribution in [2.75, 3.05) is 5.75 Å². The maximum Gasteiger partial charge on any atom is 0.277 e. The van der Waals surface area contributed by atoms with Gasteiger partial charge in [-0.05, 0) is 48.6 Å². The van der Waals surface area contributed by atoms with Crippen LogP contribution in [0, 0.1) is 0 Å². The second kappa shape index (κ2) is 8.93. The fourth-order valence-corrected chi connectivity index (χ4v) is 4.35. The molecule has 0 bridgehead atoms. The number of hydrogen-bond acceptors (Lipinski definition) is 5. The second-order valence-corrected chi connectivity index (χ2v) is 8.41. The highest BCUT2D eigenvalue weighted by Gasteiger charge is 2.16. The van der Waals surface area contributed by atoms with Gasteiger partial charge < -0.3 is 4.42 Å². The maximum absolute atomic E-state index is 12.5. The molecule has 0 unspecified atom stereocenters. The van der Waals surface area contributed by atoms with Gasteiger partial charge in [0.15, 0.2) is 5.78 Å². The summed E-state index contributed by atoms with van der Waals surface area (Å²) in [5.74, 6) is 1.40. The molecule has 144 valence electrons. The molecule has 1 aliphatic carbocycles. The van der Waals surface area contributed by atoms with Gasteiger partial charge >= 0.3 is 0 Å². The van der Waals surface area contributed by atoms with Gasteiger partial charge in [-0.25, -0.2) is 0 Å². The molecule has 1 saturated carbocycles. The Morgan fingerprint density at radius 3 is 2.43 bits per heavy atom. The van der Waals surface area contributed by atoms with Crippen LogP contribution in [0.5, 0.6) is 0 Å². The molecule has 0 amide bonds. The quantitative estimate of drug-likeness (QED) is 0.345. The number of carbonyl (C=O) groups excluding carboxylic acids is 1. The van der Waals surface area contributed by atoms with Crippen molar-refractivity contribution in [1.29, 1.82) is 0 Å². The molecule has 4 rings (SSSR count). The van der Waals surface area contributed by atoms with Gasteiger partial charge in [0.2, 0.25) is 5.89 Å². The van der Waals surface area contributed by atoms with Gasteiger partial charge in [0, 0.05) is 16.1 Å². The molecule has 0 aliphatic heterocycles. The lowest BCUT2D eigenvalue weighted by molar-refractivity contribution is 0.102. The first-order valence-electron chi connectivity index (χ1n) is 9.54. The summed E-state index contributed by atoms with van der Waals surface area (Å²) in [6.45, 7) is 0. The van der Waals surface area contributed by atoms with Crippen molar-refractivity contribution in [2.45, 2.75) is 43.2 Å². The van der Waals surface area contributed by atoms with Crippen LogP contribution in [0.25, 0.3) is 11.5 Å². The predicted molar refractivity (Wildman–Crippen MR) is 112 cm³/mol. The fourth-order valence-electron chi connectivity index (χ4n) is 3.56. The molecule has 0 spiro atoms. The first kappa shape index (κ1) is 19.2. The van der Waals surface area contributed by atoms with Crippen LogP contribution in [-0.4, -0.2) is 21.7 Å². The molecule has 28 heavy (non-hydrogen) atoms. The van der Waals surface area contributed by atoms with Crippen LogP contribution in [-0.2, 0) is 0 Å². The summed E-state index contributed by atoms with van der Waals surface area (Å²) in [7, 11) is 0. The lowest BCUT2D eigenvalue weighted by Crippen LogP contribution is -2.06. The summed E-state index contributed by atoms with van der Waals surface area (Å²) in [5, 5.41) is 9.09. The van der Waals surface area contributed by atoms with Crippen molar-refractivity contribution in [3.63, 3.8) is 0 Å². The van der Waals surface area contributed by atoms with Crippen molar-refractivity contribution in [1.82, 2.24) is 10.2 Å². The molecule has 0 N–H and O–H groups in total. The first-order chi connectivity index (χ1) is 13.7. The number of Topliss-reactive ketones (excluding diaryl/α,β-unsaturated/α-hetero) is 1. The van der Waals surface area contributed by atoms with E-state index >= 15 is 0 Å². The minimum absolute atomic E-state index is 0.0615. The second-order valence-electron chi connectivity index (χ2n) is 7.05. The molecule has 1 aliphatic rings. The van der Waals surface area contributed by atoms with E-state index in [1.54, 1.807) is 12.1 Å². The summed E-state index contributed by atoms with van der Waals surface area (Å²) >= 11 is 7.15. The van der Waals surface area contributed by atoms with Gasteiger partial charge in [-0.2, -0.15) is 0 Å². The Hall–Kier alpha value is -2.11. The number of rotatable bonds is 6. The van der Waals surface area contributed by atoms with E-state index in [1.807, 2.05) is 24.3 Å². The van der Waals surface area contributed by atoms with E-state index in [0.717, 1.165) is 11.1 Å². The van der Waals surface area contributed by atoms with Crippen molar-refractivity contribution in [3.05, 3.63) is 64.7 Å². The number of hydrogen-bond donors (Lipinski definition) is 0. The summed E-state index contributed by atoms with van der Waals surface area (Å²) < 4.78 is 5.64. The molecule has 0 saturated heterocycles. The fraction of sp³-hybridized carbons (Fsp3) is 0.318. The number of aromatic nitrogens is 2. The molecular weight excluding hydrogens is 392 g/mol. The smallest absolute Gasteiger partial charge is 0.277 e. The SMILES string of the molecule is O=C(CSc1nnc(-c2ccc(Cl)cc2)o1)c1ccc(C2CCCCC2)cc1. The lowest BCUT2D eigenvalue weighted by Gasteiger charge is -2.22. The van der Waals surface area contributed by atoms with Gasteiger partial charge in [-0.1, -0.05) is 66.9 Å². The largest absolute Gasteiger partial charge is 0.411 e. The average molecular weight is 413 g/mol. The third kappa shape index (κ3) is 4.65. The zero-order valence-corrected chi connectivity index (χ0v) is 17.0. The Bertz CT molecular complexity index is 932. The molecule has 4 nitrogen and oxygen atoms in total. The summed E-state index contributed by atoms with van der Waals surface area (Å²) in [4.78, 5) is 12.5. The minimum Gasteiger partial charge on any atom is -0.411 e. The zero-order chi connectivity index (χ0) is 19.3. The summed E-state index contributed by atoms with van der Waals surface area (Å²) in [5.41, 5.74) is 2.88. The van der Waals surface area contributed by atoms with Crippen molar-refractivity contribution in [2.24, 2.45) is 0 Å². The molecule has 0 radical (unpaired) electrons. The normalized spacial score (nSPS) is 14.9. The van der Waals surface area contributed by atoms with Crippen LogP contribution in [0.3, 0.4) is 0 Å². The van der Waals surface area contributed by atoms with Gasteiger partial charge in [0.05, 0.1) is 5.75 Å². The highest BCUT2D eigenvalue weighted by atomic mass is 35.5. The third-order valence-electron chi connectivity index (χ3n) is 5.13. The van der Waals surface area contributed by atoms with Crippen LogP contribution in [0.4, 0.5) is 0 Å². The number of carbonyl (C=O) groups is 1. The van der Waals surface area contributed by atoms with Crippen LogP contribution in [0.15, 0.2) is 58.2 Å². The molecule has 2 aromatic carbocycles. The molecule has 1 aromatic heterocycles. The van der Waals surface area contributed by atoms with Crippen LogP contribution < -0.4 is 0 Å². The van der Waals surface area contributed by atoms with Crippen molar-refractivity contribution in [3.8, 4) is 11.5 Å². The van der Waals surface area contributed by atoms with E-state index in [1.165, 1.54) is 49.4 Å². The molecular formula is C22H21ClN2O2S. The van der Waals surface area contributed by atoms with Gasteiger partial charge in [-0.3, -0.25) is 4.79 Å². The molecule has 6 heteroatoms. The standard InChI is InChI=1S/C22H21ClN2O2S/c23-19-12-10-18(11-13-19)21-24-25-22(27-21)28-14-20(26)17-8-6-16(7-9-17)15-4-2-1-3-5-15/h6-13,15H,1-5,14H2. The van der Waals surface area contributed by atoms with E-state index < -0.39 is 0 Å². The Morgan fingerprint density at radius 1 is 1.00 bits per heavy atom. The monoisotopic (exact) mass is 412 g/mol. The average Bonchev–Trinajstić information content (AvgIpc) is 3.22. The number of halogens is 1. The number of thioether (sulfide) groups is 1. The van der Waals surface area contributed by atoms with E-state index in [-0.39, 0.29) is 11.5 Å². The van der Waals surface area contributed by atoms with Crippen molar-refractivity contribution >= 4 is 29.1 Å². The van der Waals surface area contributed by atoms with E-state index in [0.29, 0.717) is 22.1 Å². The predicted octanol–water partition coefficient (Wildman–Crippen LogP) is 6.41. The number of benzene rings is 2. The van der Waals surface area contributed by atoms with Gasteiger partial charge in [-0.15, -0.1) is 10.2 Å². The Labute approximate surface area is 173 Å². The Balaban J connectivity index is 1.34. The highest BCUT2D eigenvalue weighted by molar-refractivity contribution is 7.99. The van der Waals surface area contributed by atoms with E-state index in [9.17, 15) is 4.79 Å². The van der Waals surface area contributed by atoms with Crippen LogP contribution in [0.1, 0.15) is 53.9 Å². The Morgan fingerprint density at radius 2 is 1.71 bits per heavy atom. The first-order valence-corrected chi connectivity index (χ1v) is 10.9. The van der Waals surface area contributed by atoms with Crippen LogP contribution >= 0.6 is 23.4 Å². The van der Waals surface area contributed by atoms with Crippen molar-refractivity contribution < 1.29 is 9.21 Å². The molecule has 3 aromatic rings. The summed E-state index contributed by atoms with van der Waals surface area (Å²) in [6.07, 6.45) is 6.49. The number of ketones is 1. The minimum atomic E-state index is 0.0615. The molecule has 1 heterocycles. The molecule has 0 atom stereocenters.